The third kappa shape index (κ3) is 3.97. The molecule has 1 N–H and O–H groups in total. The van der Waals surface area contributed by atoms with Crippen molar-refractivity contribution in [2.75, 3.05) is 32.7 Å². The molecule has 6 heteroatoms. The fraction of sp³-hybridized carbons (Fsp3) is 0.458. The van der Waals surface area contributed by atoms with E-state index >= 15 is 0 Å². The van der Waals surface area contributed by atoms with Crippen LogP contribution < -0.4 is 0 Å². The number of hydrogen-bond donors (Lipinski definition) is 1. The predicted octanol–water partition coefficient (Wildman–Crippen LogP) is 3.52. The Hall–Kier alpha value is -2.73. The smallest absolute Gasteiger partial charge is 0.253 e. The summed E-state index contributed by atoms with van der Waals surface area (Å²) in [7, 11) is 0. The van der Waals surface area contributed by atoms with Crippen LogP contribution in [0.3, 0.4) is 0 Å². The molecular formula is C24H29N5O. The van der Waals surface area contributed by atoms with Crippen LogP contribution in [0.4, 0.5) is 0 Å². The summed E-state index contributed by atoms with van der Waals surface area (Å²) in [6, 6.07) is 16.3. The quantitative estimate of drug-likeness (QED) is 0.708. The number of nitrogens with zero attached hydrogens (tertiary/aromatic N) is 4. The molecule has 2 aliphatic rings. The number of likely N-dealkylation sites (tertiary alicyclic amines) is 2. The van der Waals surface area contributed by atoms with E-state index in [1.54, 1.807) is 0 Å². The van der Waals surface area contributed by atoms with E-state index in [0.717, 1.165) is 50.1 Å². The Morgan fingerprint density at radius 3 is 2.77 bits per heavy atom. The maximum Gasteiger partial charge on any atom is 0.253 e. The van der Waals surface area contributed by atoms with Crippen LogP contribution in [0.1, 0.15) is 41.6 Å². The SMILES string of the molecule is O=C(c1ccc2n[nH]nc2c1)N1CCC2(CCCN(CCCc3ccccc3)C2)C1. The first-order valence-corrected chi connectivity index (χ1v) is 11.1. The van der Waals surface area contributed by atoms with Gasteiger partial charge in [0.25, 0.3) is 5.91 Å². The van der Waals surface area contributed by atoms with Gasteiger partial charge in [-0.1, -0.05) is 30.3 Å². The van der Waals surface area contributed by atoms with Crippen molar-refractivity contribution >= 4 is 16.9 Å². The Balaban J connectivity index is 1.18. The zero-order valence-corrected chi connectivity index (χ0v) is 17.4. The summed E-state index contributed by atoms with van der Waals surface area (Å²) in [5, 5.41) is 10.8. The number of hydrogen-bond acceptors (Lipinski definition) is 4. The molecule has 1 spiro atoms. The van der Waals surface area contributed by atoms with Gasteiger partial charge >= 0.3 is 0 Å². The fourth-order valence-corrected chi connectivity index (χ4v) is 5.25. The number of aryl methyl sites for hydroxylation is 1. The van der Waals surface area contributed by atoms with E-state index < -0.39 is 0 Å². The number of aromatic nitrogens is 3. The van der Waals surface area contributed by atoms with Gasteiger partial charge in [-0.3, -0.25) is 4.79 Å². The number of rotatable bonds is 5. The van der Waals surface area contributed by atoms with Crippen LogP contribution in [0.2, 0.25) is 0 Å². The second kappa shape index (κ2) is 8.19. The van der Waals surface area contributed by atoms with Gasteiger partial charge in [-0.05, 0) is 69.0 Å². The number of amides is 1. The molecule has 0 aliphatic carbocycles. The zero-order valence-electron chi connectivity index (χ0n) is 17.4. The minimum absolute atomic E-state index is 0.123. The van der Waals surface area contributed by atoms with Crippen molar-refractivity contribution in [2.24, 2.45) is 5.41 Å². The Kier molecular flexibility index (Phi) is 5.25. The highest BCUT2D eigenvalue weighted by Gasteiger charge is 2.42. The van der Waals surface area contributed by atoms with E-state index in [-0.39, 0.29) is 11.3 Å². The van der Waals surface area contributed by atoms with Crippen LogP contribution in [0, 0.1) is 5.41 Å². The molecule has 1 atom stereocenters. The molecule has 1 unspecified atom stereocenters. The van der Waals surface area contributed by atoms with Crippen LogP contribution in [0.15, 0.2) is 48.5 Å². The number of carbonyl (C=O) groups is 1. The Morgan fingerprint density at radius 2 is 1.87 bits per heavy atom. The fourth-order valence-electron chi connectivity index (χ4n) is 5.25. The average molecular weight is 404 g/mol. The summed E-state index contributed by atoms with van der Waals surface area (Å²) >= 11 is 0. The van der Waals surface area contributed by atoms with Gasteiger partial charge < -0.3 is 9.80 Å². The molecule has 2 aliphatic heterocycles. The number of fused-ring (bicyclic) bond motifs is 1. The number of nitrogens with one attached hydrogen (secondary N) is 1. The predicted molar refractivity (Wildman–Crippen MR) is 117 cm³/mol. The van der Waals surface area contributed by atoms with Gasteiger partial charge in [-0.25, -0.2) is 0 Å². The minimum Gasteiger partial charge on any atom is -0.338 e. The van der Waals surface area contributed by atoms with Gasteiger partial charge in [0.15, 0.2) is 0 Å². The van der Waals surface area contributed by atoms with Crippen molar-refractivity contribution < 1.29 is 4.79 Å². The molecule has 1 aromatic heterocycles. The van der Waals surface area contributed by atoms with Gasteiger partial charge in [0.1, 0.15) is 11.0 Å². The Morgan fingerprint density at radius 1 is 1.00 bits per heavy atom. The molecule has 3 aromatic rings. The lowest BCUT2D eigenvalue weighted by Gasteiger charge is -2.40. The van der Waals surface area contributed by atoms with Gasteiger partial charge in [0.2, 0.25) is 0 Å². The lowest BCUT2D eigenvalue weighted by atomic mass is 9.79. The highest BCUT2D eigenvalue weighted by atomic mass is 16.2. The molecule has 5 rings (SSSR count). The highest BCUT2D eigenvalue weighted by Crippen LogP contribution is 2.39. The summed E-state index contributed by atoms with van der Waals surface area (Å²) in [6.07, 6.45) is 5.91. The molecule has 2 saturated heterocycles. The molecule has 156 valence electrons. The summed E-state index contributed by atoms with van der Waals surface area (Å²) in [5.41, 5.74) is 3.94. The van der Waals surface area contributed by atoms with E-state index in [4.69, 9.17) is 0 Å². The number of H-pyrrole nitrogens is 1. The van der Waals surface area contributed by atoms with Crippen molar-refractivity contribution in [1.82, 2.24) is 25.2 Å². The minimum atomic E-state index is 0.123. The molecule has 2 fully saturated rings. The third-order valence-electron chi connectivity index (χ3n) is 6.81. The first-order valence-electron chi connectivity index (χ1n) is 11.1. The molecule has 1 amide bonds. The first-order chi connectivity index (χ1) is 14.7. The molecule has 0 bridgehead atoms. The van der Waals surface area contributed by atoms with E-state index in [0.29, 0.717) is 5.56 Å². The zero-order chi connectivity index (χ0) is 20.4. The molecule has 0 saturated carbocycles. The molecular weight excluding hydrogens is 374 g/mol. The van der Waals surface area contributed by atoms with E-state index in [2.05, 4.69) is 55.5 Å². The van der Waals surface area contributed by atoms with Crippen molar-refractivity contribution in [1.29, 1.82) is 0 Å². The van der Waals surface area contributed by atoms with Gasteiger partial charge in [0.05, 0.1) is 0 Å². The van der Waals surface area contributed by atoms with E-state index in [9.17, 15) is 4.79 Å². The summed E-state index contributed by atoms with van der Waals surface area (Å²) in [6.45, 7) is 5.18. The van der Waals surface area contributed by atoms with Gasteiger partial charge in [-0.2, -0.15) is 15.4 Å². The molecule has 2 aromatic carbocycles. The van der Waals surface area contributed by atoms with Crippen molar-refractivity contribution in [3.8, 4) is 0 Å². The maximum absolute atomic E-state index is 13.1. The second-order valence-corrected chi connectivity index (χ2v) is 8.97. The lowest BCUT2D eigenvalue weighted by molar-refractivity contribution is 0.0688. The van der Waals surface area contributed by atoms with Crippen LogP contribution in [0.25, 0.3) is 11.0 Å². The largest absolute Gasteiger partial charge is 0.338 e. The molecule has 3 heterocycles. The second-order valence-electron chi connectivity index (χ2n) is 8.97. The van der Waals surface area contributed by atoms with E-state index in [1.165, 1.54) is 31.4 Å². The summed E-state index contributed by atoms with van der Waals surface area (Å²) in [4.78, 5) is 17.8. The highest BCUT2D eigenvalue weighted by molar-refractivity contribution is 5.97. The standard InChI is InChI=1S/C24H29N5O/c30-23(20-9-10-21-22(16-20)26-27-25-21)29-15-12-24(18-29)11-5-14-28(17-24)13-4-8-19-6-2-1-3-7-19/h1-3,6-7,9-10,16H,4-5,8,11-15,17-18H2,(H,25,26,27). The summed E-state index contributed by atoms with van der Waals surface area (Å²) in [5.74, 6) is 0.123. The van der Waals surface area contributed by atoms with E-state index in [1.807, 2.05) is 18.2 Å². The molecule has 0 radical (unpaired) electrons. The van der Waals surface area contributed by atoms with Crippen molar-refractivity contribution in [3.63, 3.8) is 0 Å². The molecule has 30 heavy (non-hydrogen) atoms. The lowest BCUT2D eigenvalue weighted by Crippen LogP contribution is -2.45. The molecule has 6 nitrogen and oxygen atoms in total. The number of piperidine rings is 1. The number of aromatic amines is 1. The van der Waals surface area contributed by atoms with Gasteiger partial charge in [0, 0.05) is 30.6 Å². The first kappa shape index (κ1) is 19.2. The van der Waals surface area contributed by atoms with Crippen LogP contribution >= 0.6 is 0 Å². The monoisotopic (exact) mass is 403 g/mol. The van der Waals surface area contributed by atoms with Crippen molar-refractivity contribution in [3.05, 3.63) is 59.7 Å². The normalized spacial score (nSPS) is 22.2. The Labute approximate surface area is 177 Å². The summed E-state index contributed by atoms with van der Waals surface area (Å²) < 4.78 is 0. The van der Waals surface area contributed by atoms with Crippen molar-refractivity contribution in [2.45, 2.75) is 32.1 Å². The number of carbonyl (C=O) groups excluding carboxylic acids is 1. The van der Waals surface area contributed by atoms with Crippen LogP contribution in [-0.4, -0.2) is 63.8 Å². The third-order valence-corrected chi connectivity index (χ3v) is 6.81. The Bertz CT molecular complexity index is 1020. The van der Waals surface area contributed by atoms with Crippen LogP contribution in [-0.2, 0) is 6.42 Å². The van der Waals surface area contributed by atoms with Gasteiger partial charge in [-0.15, -0.1) is 0 Å². The number of benzene rings is 2. The average Bonchev–Trinajstić information content (AvgIpc) is 3.41. The topological polar surface area (TPSA) is 65.1 Å². The van der Waals surface area contributed by atoms with Crippen LogP contribution in [0.5, 0.6) is 0 Å². The maximum atomic E-state index is 13.1.